The minimum absolute atomic E-state index is 0.993. The predicted molar refractivity (Wildman–Crippen MR) is 99.0 cm³/mol. The molecule has 0 radical (unpaired) electrons. The molecule has 0 spiro atoms. The Labute approximate surface area is 143 Å². The minimum atomic E-state index is 0.993. The van der Waals surface area contributed by atoms with E-state index in [4.69, 9.17) is 4.98 Å². The van der Waals surface area contributed by atoms with Crippen molar-refractivity contribution in [1.82, 2.24) is 14.5 Å². The second-order valence-electron chi connectivity index (χ2n) is 6.74. The van der Waals surface area contributed by atoms with E-state index in [0.717, 1.165) is 25.2 Å². The maximum atomic E-state index is 4.81. The molecule has 3 heteroatoms. The zero-order chi connectivity index (χ0) is 16.2. The van der Waals surface area contributed by atoms with Crippen molar-refractivity contribution in [3.05, 3.63) is 66.0 Å². The van der Waals surface area contributed by atoms with Crippen LogP contribution < -0.4 is 0 Å². The Bertz CT molecular complexity index is 791. The van der Waals surface area contributed by atoms with Crippen molar-refractivity contribution in [2.45, 2.75) is 38.8 Å². The van der Waals surface area contributed by atoms with E-state index in [1.54, 1.807) is 0 Å². The smallest absolute Gasteiger partial charge is 0.124 e. The number of unbranched alkanes of at least 4 members (excludes halogenated alkanes) is 2. The van der Waals surface area contributed by atoms with E-state index in [2.05, 4.69) is 64.1 Å². The molecule has 0 unspecified atom stereocenters. The van der Waals surface area contributed by atoms with Gasteiger partial charge in [-0.2, -0.15) is 0 Å². The molecule has 2 heterocycles. The molecule has 0 bridgehead atoms. The molecule has 0 N–H and O–H groups in total. The lowest BCUT2D eigenvalue weighted by Crippen LogP contribution is -2.34. The predicted octanol–water partition coefficient (Wildman–Crippen LogP) is 4.26. The van der Waals surface area contributed by atoms with Crippen LogP contribution in [0.15, 0.2) is 54.6 Å². The first kappa shape index (κ1) is 15.4. The van der Waals surface area contributed by atoms with Gasteiger partial charge in [-0.15, -0.1) is 0 Å². The van der Waals surface area contributed by atoms with Crippen molar-refractivity contribution in [2.24, 2.45) is 0 Å². The lowest BCUT2D eigenvalue weighted by molar-refractivity contribution is 0.215. The quantitative estimate of drug-likeness (QED) is 0.633. The number of para-hydroxylation sites is 2. The maximum Gasteiger partial charge on any atom is 0.124 e. The molecular formula is C21H25N3. The van der Waals surface area contributed by atoms with Crippen molar-refractivity contribution in [3.63, 3.8) is 0 Å². The van der Waals surface area contributed by atoms with E-state index in [9.17, 15) is 0 Å². The number of imidazole rings is 1. The molecular weight excluding hydrogens is 294 g/mol. The van der Waals surface area contributed by atoms with Crippen molar-refractivity contribution < 1.29 is 0 Å². The van der Waals surface area contributed by atoms with Crippen LogP contribution in [-0.4, -0.2) is 27.5 Å². The molecule has 3 nitrogen and oxygen atoms in total. The minimum Gasteiger partial charge on any atom is -0.326 e. The summed E-state index contributed by atoms with van der Waals surface area (Å²) >= 11 is 0. The highest BCUT2D eigenvalue weighted by Gasteiger charge is 2.19. The summed E-state index contributed by atoms with van der Waals surface area (Å²) in [5.74, 6) is 1.23. The molecule has 0 amide bonds. The van der Waals surface area contributed by atoms with Crippen LogP contribution in [0.5, 0.6) is 0 Å². The summed E-state index contributed by atoms with van der Waals surface area (Å²) in [5.41, 5.74) is 3.89. The van der Waals surface area contributed by atoms with Crippen LogP contribution in [0.1, 0.15) is 30.7 Å². The Balaban J connectivity index is 1.25. The standard InChI is InChI=1S/C21H25N3/c1-3-9-18(10-4-1)11-5-2-8-14-23-15-16-24-20-13-7-6-12-19(20)22-21(24)17-23/h1,3-4,6-7,9-10,12-13H,2,5,8,11,14-17H2. The zero-order valence-corrected chi connectivity index (χ0v) is 14.2. The third-order valence-electron chi connectivity index (χ3n) is 5.02. The van der Waals surface area contributed by atoms with Gasteiger partial charge in [0.05, 0.1) is 17.6 Å². The maximum absolute atomic E-state index is 4.81. The molecule has 0 aliphatic carbocycles. The molecule has 124 valence electrons. The average molecular weight is 319 g/mol. The molecule has 24 heavy (non-hydrogen) atoms. The summed E-state index contributed by atoms with van der Waals surface area (Å²) in [6.07, 6.45) is 5.09. The van der Waals surface area contributed by atoms with Gasteiger partial charge in [0.15, 0.2) is 0 Å². The molecule has 3 aromatic rings. The van der Waals surface area contributed by atoms with Gasteiger partial charge in [-0.3, -0.25) is 4.90 Å². The third kappa shape index (κ3) is 3.36. The average Bonchev–Trinajstić information content (AvgIpc) is 3.00. The van der Waals surface area contributed by atoms with Crippen molar-refractivity contribution in [2.75, 3.05) is 13.1 Å². The number of aromatic nitrogens is 2. The Morgan fingerprint density at radius 2 is 1.67 bits per heavy atom. The van der Waals surface area contributed by atoms with E-state index in [1.807, 2.05) is 0 Å². The van der Waals surface area contributed by atoms with Gasteiger partial charge in [0.25, 0.3) is 0 Å². The summed E-state index contributed by atoms with van der Waals surface area (Å²) in [4.78, 5) is 7.37. The zero-order valence-electron chi connectivity index (χ0n) is 14.2. The first-order valence-electron chi connectivity index (χ1n) is 9.10. The first-order valence-corrected chi connectivity index (χ1v) is 9.10. The lowest BCUT2D eigenvalue weighted by Gasteiger charge is -2.27. The van der Waals surface area contributed by atoms with E-state index >= 15 is 0 Å². The van der Waals surface area contributed by atoms with Crippen LogP contribution in [0, 0.1) is 0 Å². The van der Waals surface area contributed by atoms with Crippen LogP contribution in [0.3, 0.4) is 0 Å². The van der Waals surface area contributed by atoms with E-state index in [1.165, 1.54) is 49.1 Å². The summed E-state index contributed by atoms with van der Waals surface area (Å²) in [5, 5.41) is 0. The Morgan fingerprint density at radius 1 is 0.833 bits per heavy atom. The SMILES string of the molecule is c1ccc(CCCCCN2CCn3c(nc4ccccc43)C2)cc1. The second kappa shape index (κ2) is 7.18. The number of nitrogens with zero attached hydrogens (tertiary/aromatic N) is 3. The van der Waals surface area contributed by atoms with Gasteiger partial charge in [-0.1, -0.05) is 48.9 Å². The van der Waals surface area contributed by atoms with Gasteiger partial charge in [-0.05, 0) is 43.5 Å². The lowest BCUT2D eigenvalue weighted by atomic mass is 10.1. The topological polar surface area (TPSA) is 21.1 Å². The molecule has 0 fully saturated rings. The van der Waals surface area contributed by atoms with Gasteiger partial charge in [0.2, 0.25) is 0 Å². The number of hydrogen-bond acceptors (Lipinski definition) is 2. The highest BCUT2D eigenvalue weighted by atomic mass is 15.2. The van der Waals surface area contributed by atoms with Crippen LogP contribution in [0.2, 0.25) is 0 Å². The van der Waals surface area contributed by atoms with Crippen molar-refractivity contribution in [1.29, 1.82) is 0 Å². The normalized spacial score (nSPS) is 14.8. The summed E-state index contributed by atoms with van der Waals surface area (Å²) in [6.45, 7) is 4.40. The number of benzene rings is 2. The fourth-order valence-corrected chi connectivity index (χ4v) is 3.69. The van der Waals surface area contributed by atoms with Gasteiger partial charge < -0.3 is 4.57 Å². The van der Waals surface area contributed by atoms with E-state index in [-0.39, 0.29) is 0 Å². The molecule has 0 atom stereocenters. The molecule has 0 saturated heterocycles. The highest BCUT2D eigenvalue weighted by molar-refractivity contribution is 5.75. The largest absolute Gasteiger partial charge is 0.326 e. The van der Waals surface area contributed by atoms with E-state index in [0.29, 0.717) is 0 Å². The molecule has 1 aromatic heterocycles. The van der Waals surface area contributed by atoms with Crippen molar-refractivity contribution >= 4 is 11.0 Å². The van der Waals surface area contributed by atoms with Crippen LogP contribution >= 0.6 is 0 Å². The fourth-order valence-electron chi connectivity index (χ4n) is 3.69. The molecule has 0 saturated carbocycles. The van der Waals surface area contributed by atoms with Crippen LogP contribution in [0.4, 0.5) is 0 Å². The summed E-state index contributed by atoms with van der Waals surface area (Å²) in [6, 6.07) is 19.3. The summed E-state index contributed by atoms with van der Waals surface area (Å²) < 4.78 is 2.39. The Hall–Kier alpha value is -2.13. The Kier molecular flexibility index (Phi) is 4.61. The van der Waals surface area contributed by atoms with Gasteiger partial charge in [-0.25, -0.2) is 4.98 Å². The van der Waals surface area contributed by atoms with Gasteiger partial charge in [0.1, 0.15) is 5.82 Å². The third-order valence-corrected chi connectivity index (χ3v) is 5.02. The number of rotatable bonds is 6. The monoisotopic (exact) mass is 319 g/mol. The highest BCUT2D eigenvalue weighted by Crippen LogP contribution is 2.20. The van der Waals surface area contributed by atoms with Crippen molar-refractivity contribution in [3.8, 4) is 0 Å². The van der Waals surface area contributed by atoms with E-state index < -0.39 is 0 Å². The number of hydrogen-bond donors (Lipinski definition) is 0. The molecule has 4 rings (SSSR count). The fraction of sp³-hybridized carbons (Fsp3) is 0.381. The molecule has 1 aliphatic rings. The molecule has 2 aromatic carbocycles. The number of aryl methyl sites for hydroxylation is 1. The second-order valence-corrected chi connectivity index (χ2v) is 6.74. The van der Waals surface area contributed by atoms with Gasteiger partial charge >= 0.3 is 0 Å². The molecule has 1 aliphatic heterocycles. The van der Waals surface area contributed by atoms with Crippen LogP contribution in [-0.2, 0) is 19.5 Å². The summed E-state index contributed by atoms with van der Waals surface area (Å²) in [7, 11) is 0. The first-order chi connectivity index (χ1) is 11.9. The Morgan fingerprint density at radius 3 is 2.58 bits per heavy atom. The number of fused-ring (bicyclic) bond motifs is 3. The van der Waals surface area contributed by atoms with Gasteiger partial charge in [0, 0.05) is 13.1 Å². The van der Waals surface area contributed by atoms with Crippen LogP contribution in [0.25, 0.3) is 11.0 Å².